The van der Waals surface area contributed by atoms with Crippen LogP contribution in [0.4, 0.5) is 11.4 Å². The molecule has 55 heavy (non-hydrogen) atoms. The Morgan fingerprint density at radius 3 is 1.67 bits per heavy atom. The van der Waals surface area contributed by atoms with Gasteiger partial charge in [-0.25, -0.2) is 0 Å². The second kappa shape index (κ2) is 17.8. The standard InChI is InChI=1S/C29H24N2.C21H23N2.Ir/c1-22-13-9-11-19-26(22)28-29(27-20-12-10-14-23(27)2)31(25-17-7-4-8-18-25)21-30(28)24-15-5-3-6-16-24;1-15(2)18-11-8-12-19(16(3)4)20(18)23-14-13-22-21(23)17-9-6-5-7-10-17;/h3-17,19-21H,1-2H3;5-9,11-16H,1-4H3;/q-2;-1;. The number of aryl methyl sites for hydroxylation is 2. The number of aromatic nitrogens is 2. The van der Waals surface area contributed by atoms with Crippen molar-refractivity contribution in [2.45, 2.75) is 53.4 Å². The molecule has 0 amide bonds. The predicted molar refractivity (Wildman–Crippen MR) is 224 cm³/mol. The molecule has 0 unspecified atom stereocenters. The SMILES string of the molecule is CC(C)c1cccc(C(C)C)c1-[n+]1cc[n-]c1-c1[c-]cccc1.Cc1ccccc1C1=C(c2ccccc2C)N(c2ccccc2)[CH-]N1c1[c-]cccc1.[Ir]. The Labute approximate surface area is 341 Å². The monoisotopic (exact) mass is 896 g/mol. The first-order chi connectivity index (χ1) is 26.3. The summed E-state index contributed by atoms with van der Waals surface area (Å²) in [6.07, 6.45) is 3.93. The molecule has 279 valence electrons. The van der Waals surface area contributed by atoms with Gasteiger partial charge in [-0.2, -0.15) is 30.3 Å². The Morgan fingerprint density at radius 1 is 0.582 bits per heavy atom. The summed E-state index contributed by atoms with van der Waals surface area (Å²) in [5.74, 6) is 1.86. The quantitative estimate of drug-likeness (QED) is 0.112. The second-order valence-electron chi connectivity index (χ2n) is 14.3. The third-order valence-electron chi connectivity index (χ3n) is 9.90. The van der Waals surface area contributed by atoms with Crippen molar-refractivity contribution in [3.63, 3.8) is 0 Å². The van der Waals surface area contributed by atoms with Gasteiger partial charge >= 0.3 is 0 Å². The first kappa shape index (κ1) is 39.2. The average molecular weight is 896 g/mol. The van der Waals surface area contributed by atoms with Crippen LogP contribution in [0.15, 0.2) is 158 Å². The summed E-state index contributed by atoms with van der Waals surface area (Å²) in [5, 5.41) is 0. The molecule has 0 aliphatic carbocycles. The summed E-state index contributed by atoms with van der Waals surface area (Å²) in [7, 11) is 0. The summed E-state index contributed by atoms with van der Waals surface area (Å²) in [6, 6.07) is 57.2. The van der Waals surface area contributed by atoms with Crippen LogP contribution in [0, 0.1) is 32.6 Å². The van der Waals surface area contributed by atoms with Crippen molar-refractivity contribution in [1.82, 2.24) is 4.98 Å². The smallest absolute Gasteiger partial charge is 0.0602 e. The van der Waals surface area contributed by atoms with Gasteiger partial charge in [0.05, 0.1) is 5.82 Å². The van der Waals surface area contributed by atoms with E-state index in [1.165, 1.54) is 50.5 Å². The third-order valence-corrected chi connectivity index (χ3v) is 9.90. The molecule has 0 saturated carbocycles. The molecule has 1 aliphatic rings. The van der Waals surface area contributed by atoms with E-state index in [4.69, 9.17) is 0 Å². The van der Waals surface area contributed by atoms with E-state index in [9.17, 15) is 0 Å². The van der Waals surface area contributed by atoms with Gasteiger partial charge in [0.15, 0.2) is 0 Å². The molecule has 7 aromatic rings. The Hall–Kier alpha value is -5.48. The summed E-state index contributed by atoms with van der Waals surface area (Å²) in [4.78, 5) is 9.15. The van der Waals surface area contributed by atoms with Gasteiger partial charge in [-0.15, -0.1) is 48.3 Å². The third kappa shape index (κ3) is 8.29. The van der Waals surface area contributed by atoms with Crippen molar-refractivity contribution in [1.29, 1.82) is 0 Å². The van der Waals surface area contributed by atoms with Crippen molar-refractivity contribution in [3.05, 3.63) is 210 Å². The van der Waals surface area contributed by atoms with Crippen molar-refractivity contribution in [2.75, 3.05) is 9.80 Å². The number of rotatable bonds is 8. The summed E-state index contributed by atoms with van der Waals surface area (Å²) >= 11 is 0. The van der Waals surface area contributed by atoms with Gasteiger partial charge < -0.3 is 14.4 Å². The molecule has 4 nitrogen and oxygen atoms in total. The van der Waals surface area contributed by atoms with E-state index in [1.54, 1.807) is 0 Å². The van der Waals surface area contributed by atoms with Gasteiger partial charge in [0.2, 0.25) is 0 Å². The molecule has 0 fully saturated rings. The van der Waals surface area contributed by atoms with Crippen LogP contribution in [0.25, 0.3) is 28.5 Å². The molecule has 5 heteroatoms. The molecule has 2 heterocycles. The Kier molecular flexibility index (Phi) is 12.7. The summed E-state index contributed by atoms with van der Waals surface area (Å²) in [5.41, 5.74) is 14.4. The Bertz CT molecular complexity index is 2220. The average Bonchev–Trinajstić information content (AvgIpc) is 3.85. The van der Waals surface area contributed by atoms with Crippen LogP contribution in [0.5, 0.6) is 0 Å². The van der Waals surface area contributed by atoms with Crippen molar-refractivity contribution in [3.8, 4) is 17.1 Å². The van der Waals surface area contributed by atoms with Crippen LogP contribution in [0.2, 0.25) is 0 Å². The number of anilines is 2. The molecular weight excluding hydrogens is 849 g/mol. The molecule has 0 atom stereocenters. The van der Waals surface area contributed by atoms with Gasteiger partial charge in [0.1, 0.15) is 0 Å². The number of hydrogen-bond donors (Lipinski definition) is 0. The minimum absolute atomic E-state index is 0. The first-order valence-corrected chi connectivity index (χ1v) is 18.8. The maximum Gasteiger partial charge on any atom is 0.0602 e. The van der Waals surface area contributed by atoms with Crippen LogP contribution < -0.4 is 19.4 Å². The van der Waals surface area contributed by atoms with E-state index in [0.717, 1.165) is 22.8 Å². The minimum atomic E-state index is 0. The second-order valence-corrected chi connectivity index (χ2v) is 14.3. The van der Waals surface area contributed by atoms with Crippen molar-refractivity contribution >= 4 is 22.8 Å². The molecule has 1 aromatic heterocycles. The Morgan fingerprint density at radius 2 is 1.13 bits per heavy atom. The van der Waals surface area contributed by atoms with Crippen molar-refractivity contribution < 1.29 is 24.7 Å². The van der Waals surface area contributed by atoms with E-state index in [2.05, 4.69) is 201 Å². The first-order valence-electron chi connectivity index (χ1n) is 18.8. The molecule has 0 N–H and O–H groups in total. The predicted octanol–water partition coefficient (Wildman–Crippen LogP) is 11.7. The molecular formula is C50H47IrN4-3. The van der Waals surface area contributed by atoms with E-state index >= 15 is 0 Å². The maximum atomic E-state index is 4.60. The fourth-order valence-corrected chi connectivity index (χ4v) is 7.16. The van der Waals surface area contributed by atoms with Crippen LogP contribution in [0.3, 0.4) is 0 Å². The number of para-hydroxylation sites is 3. The molecule has 0 saturated heterocycles. The zero-order valence-electron chi connectivity index (χ0n) is 32.4. The largest absolute Gasteiger partial charge is 0.493 e. The number of hydrogen-bond acceptors (Lipinski definition) is 2. The molecule has 0 spiro atoms. The Balaban J connectivity index is 0.000000192. The minimum Gasteiger partial charge on any atom is -0.493 e. The normalized spacial score (nSPS) is 12.5. The number of nitrogens with zero attached hydrogens (tertiary/aromatic N) is 4. The van der Waals surface area contributed by atoms with Gasteiger partial charge in [0.25, 0.3) is 0 Å². The van der Waals surface area contributed by atoms with Gasteiger partial charge in [0, 0.05) is 66.4 Å². The molecule has 8 rings (SSSR count). The topological polar surface area (TPSA) is 24.5 Å². The fraction of sp³-hybridized carbons (Fsp3) is 0.160. The van der Waals surface area contributed by atoms with Crippen LogP contribution in [-0.2, 0) is 20.1 Å². The summed E-state index contributed by atoms with van der Waals surface area (Å²) in [6.45, 7) is 15.5. The fourth-order valence-electron chi connectivity index (χ4n) is 7.16. The van der Waals surface area contributed by atoms with Gasteiger partial charge in [-0.05, 0) is 60.1 Å². The van der Waals surface area contributed by atoms with Crippen LogP contribution in [-0.4, -0.2) is 0 Å². The maximum absolute atomic E-state index is 4.60. The molecule has 1 aliphatic heterocycles. The van der Waals surface area contributed by atoms with Gasteiger partial charge in [-0.3, -0.25) is 4.98 Å². The van der Waals surface area contributed by atoms with E-state index < -0.39 is 0 Å². The van der Waals surface area contributed by atoms with E-state index in [-0.39, 0.29) is 20.1 Å². The van der Waals surface area contributed by atoms with Crippen LogP contribution >= 0.6 is 0 Å². The zero-order chi connectivity index (χ0) is 37.6. The van der Waals surface area contributed by atoms with E-state index in [0.29, 0.717) is 11.8 Å². The zero-order valence-corrected chi connectivity index (χ0v) is 34.8. The van der Waals surface area contributed by atoms with Crippen LogP contribution in [0.1, 0.15) is 72.9 Å². The summed E-state index contributed by atoms with van der Waals surface area (Å²) < 4.78 is 2.22. The molecule has 1 radical (unpaired) electrons. The van der Waals surface area contributed by atoms with Gasteiger partial charge in [-0.1, -0.05) is 113 Å². The molecule has 6 aromatic carbocycles. The van der Waals surface area contributed by atoms with Crippen molar-refractivity contribution in [2.24, 2.45) is 0 Å². The number of imidazole rings is 1. The van der Waals surface area contributed by atoms with E-state index in [1.807, 2.05) is 36.5 Å². The molecule has 0 bridgehead atoms. The number of benzene rings is 6.